The summed E-state index contributed by atoms with van der Waals surface area (Å²) in [7, 11) is 0. The summed E-state index contributed by atoms with van der Waals surface area (Å²) < 4.78 is 5.66. The first-order chi connectivity index (χ1) is 6.27. The fourth-order valence-electron chi connectivity index (χ4n) is 1.39. The molecule has 0 spiro atoms. The second-order valence-electron chi connectivity index (χ2n) is 3.23. The standard InChI is InChI=1S/C11H12OS/c1-8-6-10(12-7-9(8)2)11-4-3-5-13-11/h3-5,10H,1-2,6-7H2. The summed E-state index contributed by atoms with van der Waals surface area (Å²) in [5, 5.41) is 2.07. The second-order valence-corrected chi connectivity index (χ2v) is 4.21. The molecule has 1 aromatic rings. The largest absolute Gasteiger partial charge is 0.368 e. The summed E-state index contributed by atoms with van der Waals surface area (Å²) in [6.45, 7) is 8.50. The van der Waals surface area contributed by atoms with Crippen molar-refractivity contribution in [2.75, 3.05) is 6.61 Å². The van der Waals surface area contributed by atoms with E-state index in [2.05, 4.69) is 30.7 Å². The molecule has 1 atom stereocenters. The second kappa shape index (κ2) is 3.48. The van der Waals surface area contributed by atoms with E-state index in [9.17, 15) is 0 Å². The molecule has 0 radical (unpaired) electrons. The minimum atomic E-state index is 0.206. The summed E-state index contributed by atoms with van der Waals surface area (Å²) in [6, 6.07) is 4.16. The average Bonchev–Trinajstić information content (AvgIpc) is 2.62. The maximum atomic E-state index is 5.66. The molecule has 0 bridgehead atoms. The Bertz CT molecular complexity index is 324. The van der Waals surface area contributed by atoms with Gasteiger partial charge in [0.1, 0.15) is 0 Å². The van der Waals surface area contributed by atoms with Gasteiger partial charge in [-0.15, -0.1) is 11.3 Å². The lowest BCUT2D eigenvalue weighted by molar-refractivity contribution is 0.0597. The molecular formula is C11H12OS. The third-order valence-electron chi connectivity index (χ3n) is 2.25. The summed E-state index contributed by atoms with van der Waals surface area (Å²) in [6.07, 6.45) is 1.09. The normalized spacial score (nSPS) is 23.5. The van der Waals surface area contributed by atoms with Crippen LogP contribution in [0.1, 0.15) is 17.4 Å². The van der Waals surface area contributed by atoms with Crippen LogP contribution in [0.25, 0.3) is 0 Å². The smallest absolute Gasteiger partial charge is 0.0961 e. The number of hydrogen-bond acceptors (Lipinski definition) is 2. The van der Waals surface area contributed by atoms with Gasteiger partial charge in [-0.25, -0.2) is 0 Å². The quantitative estimate of drug-likeness (QED) is 0.663. The minimum Gasteiger partial charge on any atom is -0.368 e. The minimum absolute atomic E-state index is 0.206. The van der Waals surface area contributed by atoms with E-state index in [-0.39, 0.29) is 6.10 Å². The summed E-state index contributed by atoms with van der Waals surface area (Å²) in [5.74, 6) is 0. The van der Waals surface area contributed by atoms with Gasteiger partial charge in [-0.3, -0.25) is 0 Å². The molecule has 0 saturated carbocycles. The van der Waals surface area contributed by atoms with Gasteiger partial charge in [0.2, 0.25) is 0 Å². The molecule has 1 saturated heterocycles. The molecule has 0 aromatic carbocycles. The van der Waals surface area contributed by atoms with Crippen molar-refractivity contribution in [1.29, 1.82) is 0 Å². The van der Waals surface area contributed by atoms with Gasteiger partial charge in [-0.2, -0.15) is 0 Å². The van der Waals surface area contributed by atoms with Crippen molar-refractivity contribution in [2.45, 2.75) is 12.5 Å². The highest BCUT2D eigenvalue weighted by Crippen LogP contribution is 2.34. The monoisotopic (exact) mass is 192 g/mol. The highest BCUT2D eigenvalue weighted by molar-refractivity contribution is 7.10. The lowest BCUT2D eigenvalue weighted by atomic mass is 9.99. The zero-order valence-corrected chi connectivity index (χ0v) is 8.27. The lowest BCUT2D eigenvalue weighted by Crippen LogP contribution is -2.14. The van der Waals surface area contributed by atoms with Crippen LogP contribution < -0.4 is 0 Å². The zero-order valence-electron chi connectivity index (χ0n) is 7.45. The van der Waals surface area contributed by atoms with Crippen molar-refractivity contribution in [1.82, 2.24) is 0 Å². The Labute approximate surface area is 82.4 Å². The average molecular weight is 192 g/mol. The van der Waals surface area contributed by atoms with Crippen LogP contribution in [0.5, 0.6) is 0 Å². The third kappa shape index (κ3) is 1.74. The summed E-state index contributed by atoms with van der Waals surface area (Å²) in [5.41, 5.74) is 2.16. The molecule has 1 unspecified atom stereocenters. The third-order valence-corrected chi connectivity index (χ3v) is 3.22. The highest BCUT2D eigenvalue weighted by atomic mass is 32.1. The molecule has 1 aromatic heterocycles. The highest BCUT2D eigenvalue weighted by Gasteiger charge is 2.20. The fraction of sp³-hybridized carbons (Fsp3) is 0.273. The molecule has 0 amide bonds. The van der Waals surface area contributed by atoms with E-state index in [0.717, 1.165) is 17.6 Å². The SMILES string of the molecule is C=C1COC(c2cccs2)CC1=C. The molecule has 2 heteroatoms. The number of ether oxygens (including phenoxy) is 1. The van der Waals surface area contributed by atoms with E-state index in [1.54, 1.807) is 11.3 Å². The molecule has 1 nitrogen and oxygen atoms in total. The summed E-state index contributed by atoms with van der Waals surface area (Å²) in [4.78, 5) is 1.29. The summed E-state index contributed by atoms with van der Waals surface area (Å²) >= 11 is 1.74. The van der Waals surface area contributed by atoms with Crippen molar-refractivity contribution in [3.8, 4) is 0 Å². The van der Waals surface area contributed by atoms with Crippen LogP contribution in [0.4, 0.5) is 0 Å². The first-order valence-corrected chi connectivity index (χ1v) is 5.16. The van der Waals surface area contributed by atoms with Crippen molar-refractivity contribution >= 4 is 11.3 Å². The van der Waals surface area contributed by atoms with Gasteiger partial charge in [0, 0.05) is 11.3 Å². The molecule has 0 aliphatic carbocycles. The van der Waals surface area contributed by atoms with Crippen LogP contribution in [0.15, 0.2) is 41.8 Å². The van der Waals surface area contributed by atoms with Crippen LogP contribution in [-0.4, -0.2) is 6.61 Å². The molecule has 1 aliphatic rings. The van der Waals surface area contributed by atoms with Crippen LogP contribution in [0.3, 0.4) is 0 Å². The lowest BCUT2D eigenvalue weighted by Gasteiger charge is -2.25. The first kappa shape index (κ1) is 8.73. The molecule has 2 heterocycles. The number of rotatable bonds is 1. The fourth-order valence-corrected chi connectivity index (χ4v) is 2.16. The van der Waals surface area contributed by atoms with Crippen molar-refractivity contribution < 1.29 is 4.74 Å². The predicted molar refractivity (Wildman–Crippen MR) is 55.9 cm³/mol. The Kier molecular flexibility index (Phi) is 2.34. The van der Waals surface area contributed by atoms with Crippen molar-refractivity contribution in [3.05, 3.63) is 46.7 Å². The van der Waals surface area contributed by atoms with Crippen LogP contribution in [0, 0.1) is 0 Å². The van der Waals surface area contributed by atoms with E-state index < -0.39 is 0 Å². The van der Waals surface area contributed by atoms with Crippen LogP contribution in [0.2, 0.25) is 0 Å². The van der Waals surface area contributed by atoms with E-state index >= 15 is 0 Å². The Morgan fingerprint density at radius 3 is 2.85 bits per heavy atom. The van der Waals surface area contributed by atoms with Gasteiger partial charge >= 0.3 is 0 Å². The van der Waals surface area contributed by atoms with E-state index in [4.69, 9.17) is 4.74 Å². The molecule has 1 fully saturated rings. The Balaban J connectivity index is 2.12. The Hall–Kier alpha value is -0.860. The molecule has 68 valence electrons. The van der Waals surface area contributed by atoms with E-state index in [1.165, 1.54) is 4.88 Å². The van der Waals surface area contributed by atoms with Gasteiger partial charge < -0.3 is 4.74 Å². The van der Waals surface area contributed by atoms with Crippen LogP contribution >= 0.6 is 11.3 Å². The maximum Gasteiger partial charge on any atom is 0.0961 e. The van der Waals surface area contributed by atoms with Crippen molar-refractivity contribution in [2.24, 2.45) is 0 Å². The Morgan fingerprint density at radius 1 is 1.38 bits per heavy atom. The molecule has 1 aliphatic heterocycles. The van der Waals surface area contributed by atoms with Gasteiger partial charge in [0.25, 0.3) is 0 Å². The number of hydrogen-bond donors (Lipinski definition) is 0. The van der Waals surface area contributed by atoms with Gasteiger partial charge in [0.05, 0.1) is 12.7 Å². The molecule has 2 rings (SSSR count). The molecule has 0 N–H and O–H groups in total. The first-order valence-electron chi connectivity index (χ1n) is 4.28. The Morgan fingerprint density at radius 2 is 2.23 bits per heavy atom. The molecule has 13 heavy (non-hydrogen) atoms. The van der Waals surface area contributed by atoms with E-state index in [1.807, 2.05) is 0 Å². The van der Waals surface area contributed by atoms with Gasteiger partial charge in [0.15, 0.2) is 0 Å². The van der Waals surface area contributed by atoms with Crippen LogP contribution in [-0.2, 0) is 4.74 Å². The zero-order chi connectivity index (χ0) is 9.26. The van der Waals surface area contributed by atoms with Gasteiger partial charge in [-0.1, -0.05) is 19.2 Å². The van der Waals surface area contributed by atoms with Gasteiger partial charge in [-0.05, 0) is 22.6 Å². The predicted octanol–water partition coefficient (Wildman–Crippen LogP) is 3.32. The maximum absolute atomic E-state index is 5.66. The number of thiophene rings is 1. The van der Waals surface area contributed by atoms with Crippen molar-refractivity contribution in [3.63, 3.8) is 0 Å². The topological polar surface area (TPSA) is 9.23 Å². The van der Waals surface area contributed by atoms with E-state index in [0.29, 0.717) is 6.61 Å². The molecular weight excluding hydrogens is 180 g/mol.